The van der Waals surface area contributed by atoms with Crippen molar-refractivity contribution in [3.05, 3.63) is 0 Å². The van der Waals surface area contributed by atoms with Gasteiger partial charge in [0.1, 0.15) is 18.1 Å². The molecule has 4 atom stereocenters. The maximum Gasteiger partial charge on any atom is 0.326 e. The molecular formula is C19H34N8O8S. The van der Waals surface area contributed by atoms with E-state index in [0.717, 1.165) is 0 Å². The average molecular weight is 535 g/mol. The van der Waals surface area contributed by atoms with Gasteiger partial charge in [0.2, 0.25) is 23.6 Å². The molecule has 17 heteroatoms. The molecule has 204 valence electrons. The smallest absolute Gasteiger partial charge is 0.326 e. The van der Waals surface area contributed by atoms with Gasteiger partial charge in [-0.2, -0.15) is 11.8 Å². The summed E-state index contributed by atoms with van der Waals surface area (Å²) in [6.45, 7) is 0.0607. The fourth-order valence-electron chi connectivity index (χ4n) is 2.76. The van der Waals surface area contributed by atoms with Gasteiger partial charge in [0.15, 0.2) is 5.96 Å². The molecule has 0 bridgehead atoms. The maximum atomic E-state index is 12.8. The van der Waals surface area contributed by atoms with E-state index in [1.807, 2.05) is 6.26 Å². The number of primary amides is 1. The van der Waals surface area contributed by atoms with Gasteiger partial charge in [-0.05, 0) is 31.3 Å². The summed E-state index contributed by atoms with van der Waals surface area (Å²) >= 11 is 1.44. The minimum atomic E-state index is -1.67. The van der Waals surface area contributed by atoms with Crippen molar-refractivity contribution in [3.63, 3.8) is 0 Å². The number of rotatable bonds is 18. The van der Waals surface area contributed by atoms with E-state index in [4.69, 9.17) is 28.0 Å². The molecule has 13 N–H and O–H groups in total. The number of thioether (sulfide) groups is 1. The van der Waals surface area contributed by atoms with Gasteiger partial charge in [-0.15, -0.1) is 0 Å². The van der Waals surface area contributed by atoms with Gasteiger partial charge in [0.25, 0.3) is 0 Å². The lowest BCUT2D eigenvalue weighted by atomic mass is 10.1. The second-order valence-corrected chi connectivity index (χ2v) is 8.61. The van der Waals surface area contributed by atoms with Crippen LogP contribution >= 0.6 is 11.8 Å². The van der Waals surface area contributed by atoms with Crippen molar-refractivity contribution in [3.8, 4) is 0 Å². The van der Waals surface area contributed by atoms with Crippen LogP contribution in [-0.2, 0) is 28.8 Å². The second-order valence-electron chi connectivity index (χ2n) is 7.63. The number of guanidine groups is 1. The lowest BCUT2D eigenvalue weighted by molar-refractivity contribution is -0.144. The van der Waals surface area contributed by atoms with Crippen molar-refractivity contribution < 1.29 is 39.0 Å². The summed E-state index contributed by atoms with van der Waals surface area (Å²) in [5.41, 5.74) is 21.3. The zero-order valence-corrected chi connectivity index (χ0v) is 20.6. The van der Waals surface area contributed by atoms with Crippen molar-refractivity contribution in [1.82, 2.24) is 16.0 Å². The molecule has 0 aliphatic carbocycles. The molecule has 4 unspecified atom stereocenters. The summed E-state index contributed by atoms with van der Waals surface area (Å²) in [5.74, 6) is -6.36. The van der Waals surface area contributed by atoms with Gasteiger partial charge in [-0.25, -0.2) is 4.79 Å². The molecule has 16 nitrogen and oxygen atoms in total. The number of aliphatic carboxylic acids is 2. The standard InChI is InChI=1S/C19H34N8O8S/c1-36-6-4-9(20)15(31)26-11(8-14(29)30)17(33)25-10(3-2-5-24-19(22)23)16(32)27-12(18(34)35)7-13(21)28/h9-12H,2-8,20H2,1H3,(H2,21,28)(H,25,33)(H,26,31)(H,27,32)(H,29,30)(H,34,35)(H4,22,23,24). The van der Waals surface area contributed by atoms with E-state index in [-0.39, 0.29) is 31.8 Å². The van der Waals surface area contributed by atoms with Crippen LogP contribution in [0.2, 0.25) is 0 Å². The van der Waals surface area contributed by atoms with Crippen LogP contribution in [0.25, 0.3) is 0 Å². The van der Waals surface area contributed by atoms with E-state index in [1.165, 1.54) is 11.8 Å². The zero-order chi connectivity index (χ0) is 27.8. The Balaban J connectivity index is 5.64. The number of carboxylic acid groups (broad SMARTS) is 2. The summed E-state index contributed by atoms with van der Waals surface area (Å²) in [6.07, 6.45) is 0.621. The normalized spacial score (nSPS) is 13.8. The summed E-state index contributed by atoms with van der Waals surface area (Å²) in [5, 5.41) is 25.1. The number of nitrogens with two attached hydrogens (primary N) is 4. The van der Waals surface area contributed by atoms with Crippen molar-refractivity contribution in [1.29, 1.82) is 0 Å². The molecule has 0 rings (SSSR count). The predicted molar refractivity (Wildman–Crippen MR) is 130 cm³/mol. The third-order valence-corrected chi connectivity index (χ3v) is 5.22. The molecule has 36 heavy (non-hydrogen) atoms. The third-order valence-electron chi connectivity index (χ3n) is 4.58. The summed E-state index contributed by atoms with van der Waals surface area (Å²) in [6, 6.07) is -5.63. The number of amides is 4. The average Bonchev–Trinajstić information content (AvgIpc) is 2.77. The molecule has 0 saturated carbocycles. The van der Waals surface area contributed by atoms with Gasteiger partial charge in [-0.1, -0.05) is 0 Å². The Bertz CT molecular complexity index is 836. The molecular weight excluding hydrogens is 500 g/mol. The van der Waals surface area contributed by atoms with Crippen LogP contribution in [0.3, 0.4) is 0 Å². The predicted octanol–water partition coefficient (Wildman–Crippen LogP) is -3.99. The fourth-order valence-corrected chi connectivity index (χ4v) is 3.25. The monoisotopic (exact) mass is 534 g/mol. The number of carboxylic acids is 2. The van der Waals surface area contributed by atoms with Crippen molar-refractivity contribution in [2.75, 3.05) is 18.6 Å². The van der Waals surface area contributed by atoms with E-state index in [1.54, 1.807) is 0 Å². The van der Waals surface area contributed by atoms with Gasteiger partial charge in [0.05, 0.1) is 18.9 Å². The van der Waals surface area contributed by atoms with Gasteiger partial charge in [0, 0.05) is 6.54 Å². The summed E-state index contributed by atoms with van der Waals surface area (Å²) < 4.78 is 0. The highest BCUT2D eigenvalue weighted by atomic mass is 32.2. The van der Waals surface area contributed by atoms with E-state index in [0.29, 0.717) is 5.75 Å². The van der Waals surface area contributed by atoms with E-state index >= 15 is 0 Å². The summed E-state index contributed by atoms with van der Waals surface area (Å²) in [4.78, 5) is 75.4. The number of nitrogens with zero attached hydrogens (tertiary/aromatic N) is 1. The van der Waals surface area contributed by atoms with Gasteiger partial charge >= 0.3 is 11.9 Å². The Morgan fingerprint density at radius 1 is 0.833 bits per heavy atom. The molecule has 0 aromatic carbocycles. The van der Waals surface area contributed by atoms with Crippen LogP contribution in [0, 0.1) is 0 Å². The first-order chi connectivity index (χ1) is 16.8. The lowest BCUT2D eigenvalue weighted by Gasteiger charge is -2.24. The van der Waals surface area contributed by atoms with Crippen LogP contribution in [0.4, 0.5) is 0 Å². The molecule has 0 aliphatic heterocycles. The molecule has 0 fully saturated rings. The van der Waals surface area contributed by atoms with Crippen molar-refractivity contribution >= 4 is 53.3 Å². The van der Waals surface area contributed by atoms with E-state index < -0.39 is 72.6 Å². The topological polar surface area (TPSA) is 295 Å². The first-order valence-corrected chi connectivity index (χ1v) is 12.1. The third kappa shape index (κ3) is 14.0. The van der Waals surface area contributed by atoms with Crippen LogP contribution in [0.1, 0.15) is 32.1 Å². The minimum absolute atomic E-state index is 0.0607. The number of hydrogen-bond acceptors (Lipinski definition) is 9. The highest BCUT2D eigenvalue weighted by Gasteiger charge is 2.31. The molecule has 0 radical (unpaired) electrons. The first-order valence-electron chi connectivity index (χ1n) is 10.7. The Kier molecular flexibility index (Phi) is 15.2. The van der Waals surface area contributed by atoms with E-state index in [9.17, 15) is 33.9 Å². The number of carbonyl (C=O) groups excluding carboxylic acids is 4. The minimum Gasteiger partial charge on any atom is -0.481 e. The van der Waals surface area contributed by atoms with Crippen molar-refractivity contribution in [2.24, 2.45) is 27.9 Å². The Hall–Kier alpha value is -3.60. The quantitative estimate of drug-likeness (QED) is 0.0462. The lowest BCUT2D eigenvalue weighted by Crippen LogP contribution is -2.57. The van der Waals surface area contributed by atoms with Crippen LogP contribution < -0.4 is 38.9 Å². The van der Waals surface area contributed by atoms with Crippen LogP contribution in [0.5, 0.6) is 0 Å². The molecule has 0 aromatic rings. The Labute approximate surface area is 211 Å². The first kappa shape index (κ1) is 32.4. The Morgan fingerprint density at radius 3 is 1.89 bits per heavy atom. The van der Waals surface area contributed by atoms with Crippen LogP contribution in [0.15, 0.2) is 4.99 Å². The number of nitrogens with one attached hydrogen (secondary N) is 3. The van der Waals surface area contributed by atoms with Gasteiger partial charge < -0.3 is 49.1 Å². The molecule has 0 spiro atoms. The highest BCUT2D eigenvalue weighted by molar-refractivity contribution is 7.98. The van der Waals surface area contributed by atoms with E-state index in [2.05, 4.69) is 20.9 Å². The fraction of sp³-hybridized carbons (Fsp3) is 0.632. The largest absolute Gasteiger partial charge is 0.481 e. The maximum absolute atomic E-state index is 12.8. The SMILES string of the molecule is CSCCC(N)C(=O)NC(CC(=O)O)C(=O)NC(CCCN=C(N)N)C(=O)NC(CC(N)=O)C(=O)O. The number of hydrogen-bond donors (Lipinski definition) is 9. The Morgan fingerprint density at radius 2 is 1.39 bits per heavy atom. The molecule has 0 aromatic heterocycles. The molecule has 0 aliphatic rings. The summed E-state index contributed by atoms with van der Waals surface area (Å²) in [7, 11) is 0. The molecule has 4 amide bonds. The molecule has 0 heterocycles. The number of carbonyl (C=O) groups is 6. The van der Waals surface area contributed by atoms with Crippen LogP contribution in [-0.4, -0.2) is 94.5 Å². The van der Waals surface area contributed by atoms with Gasteiger partial charge in [-0.3, -0.25) is 29.0 Å². The highest BCUT2D eigenvalue weighted by Crippen LogP contribution is 2.05. The zero-order valence-electron chi connectivity index (χ0n) is 19.8. The second kappa shape index (κ2) is 16.9. The number of aliphatic imine (C=N–C) groups is 1. The molecule has 0 saturated heterocycles. The van der Waals surface area contributed by atoms with Crippen molar-refractivity contribution in [2.45, 2.75) is 56.3 Å².